The molecule has 0 saturated heterocycles. The van der Waals surface area contributed by atoms with Crippen LogP contribution in [0.5, 0.6) is 0 Å². The summed E-state index contributed by atoms with van der Waals surface area (Å²) in [6.45, 7) is 2.19. The van der Waals surface area contributed by atoms with Crippen molar-refractivity contribution in [2.75, 3.05) is 10.6 Å². The fourth-order valence-electron chi connectivity index (χ4n) is 5.04. The van der Waals surface area contributed by atoms with Gasteiger partial charge in [-0.1, -0.05) is 66.7 Å². The van der Waals surface area contributed by atoms with Gasteiger partial charge in [-0.05, 0) is 66.1 Å². The van der Waals surface area contributed by atoms with Crippen LogP contribution in [0, 0.1) is 12.8 Å². The maximum atomic E-state index is 12.5. The summed E-state index contributed by atoms with van der Waals surface area (Å²) in [6, 6.07) is 25.4. The zero-order chi connectivity index (χ0) is 21.2. The van der Waals surface area contributed by atoms with Gasteiger partial charge in [0.25, 0.3) is 0 Å². The Morgan fingerprint density at radius 2 is 1.81 bits per heavy atom. The van der Waals surface area contributed by atoms with Gasteiger partial charge in [-0.2, -0.15) is 0 Å². The minimum atomic E-state index is 0.0591. The van der Waals surface area contributed by atoms with Crippen LogP contribution in [0.15, 0.2) is 84.9 Å². The molecule has 3 nitrogen and oxygen atoms in total. The van der Waals surface area contributed by atoms with Gasteiger partial charge >= 0.3 is 0 Å². The van der Waals surface area contributed by atoms with E-state index in [1.807, 2.05) is 24.3 Å². The van der Waals surface area contributed by atoms with E-state index in [1.165, 1.54) is 27.9 Å². The molecule has 2 aliphatic rings. The van der Waals surface area contributed by atoms with Gasteiger partial charge < -0.3 is 10.6 Å². The summed E-state index contributed by atoms with van der Waals surface area (Å²) in [4.78, 5) is 12.5. The van der Waals surface area contributed by atoms with Crippen molar-refractivity contribution in [3.8, 4) is 0 Å². The Bertz CT molecular complexity index is 1120. The number of anilines is 2. The molecule has 1 aliphatic heterocycles. The second-order valence-electron chi connectivity index (χ2n) is 8.67. The standard InChI is InChI=1S/C28H28N2O/c1-19-8-5-6-11-22(19)28-24-13-7-12-23(24)25-18-21(15-16-26(25)30-28)29-27(31)17-14-20-9-3-2-4-10-20/h2-12,15-16,18,23-24,28,30H,13-14,17H2,1H3,(H,29,31). The molecule has 2 N–H and O–H groups in total. The van der Waals surface area contributed by atoms with E-state index in [9.17, 15) is 4.79 Å². The van der Waals surface area contributed by atoms with E-state index in [2.05, 4.69) is 78.2 Å². The SMILES string of the molecule is Cc1ccccc1C1Nc2ccc(NC(=O)CCc3ccccc3)cc2C2C=CCC21. The van der Waals surface area contributed by atoms with E-state index in [0.717, 1.165) is 18.5 Å². The van der Waals surface area contributed by atoms with Gasteiger partial charge in [0.15, 0.2) is 0 Å². The fourth-order valence-corrected chi connectivity index (χ4v) is 5.04. The van der Waals surface area contributed by atoms with Crippen molar-refractivity contribution in [1.82, 2.24) is 0 Å². The number of fused-ring (bicyclic) bond motifs is 3. The minimum absolute atomic E-state index is 0.0591. The summed E-state index contributed by atoms with van der Waals surface area (Å²) in [5, 5.41) is 6.90. The first-order valence-electron chi connectivity index (χ1n) is 11.2. The third-order valence-corrected chi connectivity index (χ3v) is 6.65. The van der Waals surface area contributed by atoms with Crippen molar-refractivity contribution in [1.29, 1.82) is 0 Å². The molecule has 5 rings (SSSR count). The van der Waals surface area contributed by atoms with Gasteiger partial charge in [-0.15, -0.1) is 0 Å². The highest BCUT2D eigenvalue weighted by atomic mass is 16.1. The molecule has 1 amide bonds. The molecular weight excluding hydrogens is 380 g/mol. The molecule has 1 heterocycles. The molecule has 1 aliphatic carbocycles. The van der Waals surface area contributed by atoms with Gasteiger partial charge in [0, 0.05) is 23.7 Å². The number of carbonyl (C=O) groups is 1. The Hall–Kier alpha value is -3.33. The highest BCUT2D eigenvalue weighted by molar-refractivity contribution is 5.91. The number of benzene rings is 3. The first-order chi connectivity index (χ1) is 15.2. The van der Waals surface area contributed by atoms with Crippen molar-refractivity contribution < 1.29 is 4.79 Å². The summed E-state index contributed by atoms with van der Waals surface area (Å²) in [5.74, 6) is 0.934. The molecule has 0 aromatic heterocycles. The van der Waals surface area contributed by atoms with Gasteiger partial charge in [-0.25, -0.2) is 0 Å². The lowest BCUT2D eigenvalue weighted by Crippen LogP contribution is -2.29. The van der Waals surface area contributed by atoms with Crippen LogP contribution in [-0.2, 0) is 11.2 Å². The Morgan fingerprint density at radius 3 is 2.65 bits per heavy atom. The van der Waals surface area contributed by atoms with Gasteiger partial charge in [0.05, 0.1) is 6.04 Å². The fraction of sp³-hybridized carbons (Fsp3) is 0.250. The number of amides is 1. The summed E-state index contributed by atoms with van der Waals surface area (Å²) in [5.41, 5.74) is 7.23. The van der Waals surface area contributed by atoms with Crippen molar-refractivity contribution in [2.45, 2.75) is 38.1 Å². The average molecular weight is 409 g/mol. The number of carbonyl (C=O) groups excluding carboxylic acids is 1. The third-order valence-electron chi connectivity index (χ3n) is 6.65. The minimum Gasteiger partial charge on any atom is -0.378 e. The van der Waals surface area contributed by atoms with Crippen LogP contribution in [0.2, 0.25) is 0 Å². The van der Waals surface area contributed by atoms with E-state index in [4.69, 9.17) is 0 Å². The molecule has 3 heteroatoms. The van der Waals surface area contributed by atoms with Crippen LogP contribution < -0.4 is 10.6 Å². The van der Waals surface area contributed by atoms with Crippen LogP contribution in [0.25, 0.3) is 0 Å². The molecular formula is C28H28N2O. The van der Waals surface area contributed by atoms with Crippen LogP contribution in [0.3, 0.4) is 0 Å². The normalized spacial score (nSPS) is 21.1. The van der Waals surface area contributed by atoms with E-state index < -0.39 is 0 Å². The molecule has 156 valence electrons. The van der Waals surface area contributed by atoms with Crippen molar-refractivity contribution >= 4 is 17.3 Å². The average Bonchev–Trinajstić information content (AvgIpc) is 3.29. The zero-order valence-electron chi connectivity index (χ0n) is 17.8. The number of allylic oxidation sites excluding steroid dienone is 2. The molecule has 0 bridgehead atoms. The maximum Gasteiger partial charge on any atom is 0.224 e. The highest BCUT2D eigenvalue weighted by Gasteiger charge is 2.38. The van der Waals surface area contributed by atoms with E-state index in [1.54, 1.807) is 0 Å². The Morgan fingerprint density at radius 1 is 1.00 bits per heavy atom. The predicted octanol–water partition coefficient (Wildman–Crippen LogP) is 6.39. The highest BCUT2D eigenvalue weighted by Crippen LogP contribution is 2.50. The van der Waals surface area contributed by atoms with Gasteiger partial charge in [-0.3, -0.25) is 4.79 Å². The summed E-state index contributed by atoms with van der Waals surface area (Å²) in [6.07, 6.45) is 6.97. The van der Waals surface area contributed by atoms with Crippen LogP contribution in [0.4, 0.5) is 11.4 Å². The topological polar surface area (TPSA) is 41.1 Å². The zero-order valence-corrected chi connectivity index (χ0v) is 17.8. The van der Waals surface area contributed by atoms with E-state index in [-0.39, 0.29) is 5.91 Å². The number of rotatable bonds is 5. The second-order valence-corrected chi connectivity index (χ2v) is 8.67. The molecule has 0 spiro atoms. The Kier molecular flexibility index (Phi) is 5.33. The molecule has 3 atom stereocenters. The molecule has 0 saturated carbocycles. The third kappa shape index (κ3) is 4.00. The maximum absolute atomic E-state index is 12.5. The first kappa shape index (κ1) is 19.6. The van der Waals surface area contributed by atoms with Crippen LogP contribution in [0.1, 0.15) is 47.1 Å². The molecule has 3 aromatic carbocycles. The quantitative estimate of drug-likeness (QED) is 0.480. The van der Waals surface area contributed by atoms with E-state index >= 15 is 0 Å². The lowest BCUT2D eigenvalue weighted by Gasteiger charge is -2.38. The molecule has 3 aromatic rings. The van der Waals surface area contributed by atoms with Gasteiger partial charge in [0.1, 0.15) is 0 Å². The molecule has 0 fully saturated rings. The Labute approximate surface area is 184 Å². The number of hydrogen-bond donors (Lipinski definition) is 2. The van der Waals surface area contributed by atoms with Crippen LogP contribution in [-0.4, -0.2) is 5.91 Å². The monoisotopic (exact) mass is 408 g/mol. The largest absolute Gasteiger partial charge is 0.378 e. The number of hydrogen-bond acceptors (Lipinski definition) is 2. The number of nitrogens with one attached hydrogen (secondary N) is 2. The van der Waals surface area contributed by atoms with E-state index in [0.29, 0.717) is 24.3 Å². The number of aryl methyl sites for hydroxylation is 2. The molecule has 0 radical (unpaired) electrons. The molecule has 3 unspecified atom stereocenters. The smallest absolute Gasteiger partial charge is 0.224 e. The lowest BCUT2D eigenvalue weighted by molar-refractivity contribution is -0.116. The Balaban J connectivity index is 1.34. The first-order valence-corrected chi connectivity index (χ1v) is 11.2. The summed E-state index contributed by atoms with van der Waals surface area (Å²) < 4.78 is 0. The van der Waals surface area contributed by atoms with Crippen LogP contribution >= 0.6 is 0 Å². The van der Waals surface area contributed by atoms with Gasteiger partial charge in [0.2, 0.25) is 5.91 Å². The predicted molar refractivity (Wildman–Crippen MR) is 127 cm³/mol. The molecule has 31 heavy (non-hydrogen) atoms. The second kappa shape index (κ2) is 8.43. The van der Waals surface area contributed by atoms with Crippen molar-refractivity contribution in [3.05, 3.63) is 107 Å². The lowest BCUT2D eigenvalue weighted by atomic mass is 9.76. The van der Waals surface area contributed by atoms with Crippen molar-refractivity contribution in [2.24, 2.45) is 5.92 Å². The van der Waals surface area contributed by atoms with Crippen molar-refractivity contribution in [3.63, 3.8) is 0 Å². The summed E-state index contributed by atoms with van der Waals surface area (Å²) >= 11 is 0. The summed E-state index contributed by atoms with van der Waals surface area (Å²) in [7, 11) is 0.